The second kappa shape index (κ2) is 5.24. The Hall–Kier alpha value is -1.45. The summed E-state index contributed by atoms with van der Waals surface area (Å²) >= 11 is 0. The van der Waals surface area contributed by atoms with Crippen LogP contribution in [0.1, 0.15) is 19.0 Å². The molecule has 70 valence electrons. The van der Waals surface area contributed by atoms with E-state index in [1.54, 1.807) is 6.20 Å². The van der Waals surface area contributed by atoms with Gasteiger partial charge in [-0.1, -0.05) is 6.92 Å². The summed E-state index contributed by atoms with van der Waals surface area (Å²) in [7, 11) is 0. The lowest BCUT2D eigenvalue weighted by molar-refractivity contribution is -0.120. The first-order valence-corrected chi connectivity index (χ1v) is 4.34. The smallest absolute Gasteiger partial charge is 0.219 e. The molecular formula is C9H13N3O. The predicted octanol–water partition coefficient (Wildman–Crippen LogP) is 0.545. The molecule has 0 aliphatic carbocycles. The fourth-order valence-corrected chi connectivity index (χ4v) is 0.921. The molecule has 0 atom stereocenters. The van der Waals surface area contributed by atoms with E-state index in [4.69, 9.17) is 0 Å². The van der Waals surface area contributed by atoms with Crippen LogP contribution in [-0.2, 0) is 11.2 Å². The van der Waals surface area contributed by atoms with Gasteiger partial charge in [0, 0.05) is 31.3 Å². The van der Waals surface area contributed by atoms with E-state index in [0.29, 0.717) is 13.0 Å². The van der Waals surface area contributed by atoms with Gasteiger partial charge < -0.3 is 5.32 Å². The van der Waals surface area contributed by atoms with Crippen molar-refractivity contribution in [2.45, 2.75) is 19.8 Å². The molecule has 0 bridgehead atoms. The van der Waals surface area contributed by atoms with Gasteiger partial charge >= 0.3 is 0 Å². The van der Waals surface area contributed by atoms with Gasteiger partial charge in [0.15, 0.2) is 0 Å². The number of nitrogens with one attached hydrogen (secondary N) is 1. The average molecular weight is 179 g/mol. The largest absolute Gasteiger partial charge is 0.356 e. The maximum atomic E-state index is 10.9. The topological polar surface area (TPSA) is 54.9 Å². The van der Waals surface area contributed by atoms with Crippen molar-refractivity contribution in [2.24, 2.45) is 0 Å². The van der Waals surface area contributed by atoms with Gasteiger partial charge in [0.1, 0.15) is 6.33 Å². The third-order valence-corrected chi connectivity index (χ3v) is 1.67. The number of hydrogen-bond donors (Lipinski definition) is 1. The van der Waals surface area contributed by atoms with Gasteiger partial charge in [0.25, 0.3) is 0 Å². The molecule has 1 amide bonds. The van der Waals surface area contributed by atoms with E-state index in [9.17, 15) is 4.79 Å². The standard InChI is InChI=1S/C9H13N3O/c1-2-9(13)11-6-4-8-3-5-10-7-12-8/h3,5,7H,2,4,6H2,1H3,(H,11,13). The molecule has 0 radical (unpaired) electrons. The van der Waals surface area contributed by atoms with E-state index in [0.717, 1.165) is 12.1 Å². The highest BCUT2D eigenvalue weighted by Crippen LogP contribution is 1.90. The zero-order valence-electron chi connectivity index (χ0n) is 7.66. The van der Waals surface area contributed by atoms with Crippen LogP contribution in [0.3, 0.4) is 0 Å². The molecule has 1 aromatic heterocycles. The van der Waals surface area contributed by atoms with Crippen molar-refractivity contribution in [3.63, 3.8) is 0 Å². The van der Waals surface area contributed by atoms with Gasteiger partial charge in [-0.25, -0.2) is 9.97 Å². The van der Waals surface area contributed by atoms with Crippen LogP contribution in [0.15, 0.2) is 18.6 Å². The van der Waals surface area contributed by atoms with Crippen LogP contribution in [0.4, 0.5) is 0 Å². The Balaban J connectivity index is 2.24. The number of carbonyl (C=O) groups is 1. The van der Waals surface area contributed by atoms with E-state index in [1.807, 2.05) is 13.0 Å². The maximum Gasteiger partial charge on any atom is 0.219 e. The van der Waals surface area contributed by atoms with Crippen LogP contribution in [0, 0.1) is 0 Å². The van der Waals surface area contributed by atoms with Gasteiger partial charge in [-0.05, 0) is 6.07 Å². The highest BCUT2D eigenvalue weighted by Gasteiger charge is 1.96. The first kappa shape index (κ1) is 9.64. The van der Waals surface area contributed by atoms with Crippen LogP contribution in [0.25, 0.3) is 0 Å². The average Bonchev–Trinajstić information content (AvgIpc) is 2.19. The molecule has 1 aromatic rings. The predicted molar refractivity (Wildman–Crippen MR) is 49.0 cm³/mol. The molecule has 13 heavy (non-hydrogen) atoms. The van der Waals surface area contributed by atoms with Gasteiger partial charge in [-0.2, -0.15) is 0 Å². The van der Waals surface area contributed by atoms with E-state index in [1.165, 1.54) is 6.33 Å². The van der Waals surface area contributed by atoms with Crippen molar-refractivity contribution in [1.29, 1.82) is 0 Å². The molecule has 0 saturated heterocycles. The Morgan fingerprint density at radius 1 is 1.62 bits per heavy atom. The summed E-state index contributed by atoms with van der Waals surface area (Å²) in [4.78, 5) is 18.7. The van der Waals surface area contributed by atoms with Crippen LogP contribution in [0.2, 0.25) is 0 Å². The van der Waals surface area contributed by atoms with E-state index in [2.05, 4.69) is 15.3 Å². The molecule has 0 aliphatic rings. The number of nitrogens with zero attached hydrogens (tertiary/aromatic N) is 2. The molecule has 0 saturated carbocycles. The van der Waals surface area contributed by atoms with E-state index >= 15 is 0 Å². The molecule has 1 rings (SSSR count). The normalized spacial score (nSPS) is 9.62. The van der Waals surface area contributed by atoms with Crippen LogP contribution >= 0.6 is 0 Å². The van der Waals surface area contributed by atoms with Crippen molar-refractivity contribution in [1.82, 2.24) is 15.3 Å². The highest BCUT2D eigenvalue weighted by atomic mass is 16.1. The minimum absolute atomic E-state index is 0.0778. The molecule has 0 fully saturated rings. The van der Waals surface area contributed by atoms with Gasteiger partial charge in [-0.15, -0.1) is 0 Å². The summed E-state index contributed by atoms with van der Waals surface area (Å²) < 4.78 is 0. The van der Waals surface area contributed by atoms with Gasteiger partial charge in [-0.3, -0.25) is 4.79 Å². The summed E-state index contributed by atoms with van der Waals surface area (Å²) in [5, 5.41) is 2.78. The van der Waals surface area contributed by atoms with E-state index < -0.39 is 0 Å². The Labute approximate surface area is 77.4 Å². The third-order valence-electron chi connectivity index (χ3n) is 1.67. The zero-order valence-corrected chi connectivity index (χ0v) is 7.66. The van der Waals surface area contributed by atoms with Crippen molar-refractivity contribution in [3.05, 3.63) is 24.3 Å². The quantitative estimate of drug-likeness (QED) is 0.734. The molecule has 1 N–H and O–H groups in total. The highest BCUT2D eigenvalue weighted by molar-refractivity contribution is 5.75. The zero-order chi connectivity index (χ0) is 9.52. The second-order valence-electron chi connectivity index (χ2n) is 2.65. The number of rotatable bonds is 4. The summed E-state index contributed by atoms with van der Waals surface area (Å²) in [6, 6.07) is 1.85. The number of amides is 1. The van der Waals surface area contributed by atoms with Crippen molar-refractivity contribution < 1.29 is 4.79 Å². The van der Waals surface area contributed by atoms with Gasteiger partial charge in [0.05, 0.1) is 0 Å². The number of hydrogen-bond acceptors (Lipinski definition) is 3. The van der Waals surface area contributed by atoms with Crippen LogP contribution < -0.4 is 5.32 Å². The minimum atomic E-state index is 0.0778. The second-order valence-corrected chi connectivity index (χ2v) is 2.65. The molecule has 0 aliphatic heterocycles. The fraction of sp³-hybridized carbons (Fsp3) is 0.444. The number of aromatic nitrogens is 2. The minimum Gasteiger partial charge on any atom is -0.356 e. The summed E-state index contributed by atoms with van der Waals surface area (Å²) in [6.07, 6.45) is 4.50. The summed E-state index contributed by atoms with van der Waals surface area (Å²) in [5.41, 5.74) is 0.950. The van der Waals surface area contributed by atoms with Crippen LogP contribution in [0.5, 0.6) is 0 Å². The van der Waals surface area contributed by atoms with Crippen molar-refractivity contribution in [3.8, 4) is 0 Å². The molecule has 1 heterocycles. The molecule has 0 unspecified atom stereocenters. The van der Waals surface area contributed by atoms with E-state index in [-0.39, 0.29) is 5.91 Å². The van der Waals surface area contributed by atoms with Crippen LogP contribution in [-0.4, -0.2) is 22.4 Å². The maximum absolute atomic E-state index is 10.9. The third kappa shape index (κ3) is 3.64. The first-order chi connectivity index (χ1) is 6.33. The SMILES string of the molecule is CCC(=O)NCCc1ccncn1. The summed E-state index contributed by atoms with van der Waals surface area (Å²) in [6.45, 7) is 2.48. The lowest BCUT2D eigenvalue weighted by atomic mass is 10.3. The Morgan fingerprint density at radius 2 is 2.46 bits per heavy atom. The lowest BCUT2D eigenvalue weighted by Crippen LogP contribution is -2.24. The summed E-state index contributed by atoms with van der Waals surface area (Å²) in [5.74, 6) is 0.0778. The Bertz CT molecular complexity index is 261. The lowest BCUT2D eigenvalue weighted by Gasteiger charge is -2.01. The Morgan fingerprint density at radius 3 is 3.08 bits per heavy atom. The number of carbonyl (C=O) groups excluding carboxylic acids is 1. The first-order valence-electron chi connectivity index (χ1n) is 4.34. The fourth-order valence-electron chi connectivity index (χ4n) is 0.921. The van der Waals surface area contributed by atoms with Crippen molar-refractivity contribution in [2.75, 3.05) is 6.54 Å². The molecular weight excluding hydrogens is 166 g/mol. The molecule has 4 nitrogen and oxygen atoms in total. The van der Waals surface area contributed by atoms with Crippen molar-refractivity contribution >= 4 is 5.91 Å². The Kier molecular flexibility index (Phi) is 3.88. The molecule has 4 heteroatoms. The molecule has 0 spiro atoms. The molecule has 0 aromatic carbocycles. The van der Waals surface area contributed by atoms with Gasteiger partial charge in [0.2, 0.25) is 5.91 Å². The monoisotopic (exact) mass is 179 g/mol.